The largest absolute Gasteiger partial charge is 0.507 e. The zero-order valence-electron chi connectivity index (χ0n) is 19.7. The smallest absolute Gasteiger partial charge is 0.295 e. The summed E-state index contributed by atoms with van der Waals surface area (Å²) in [7, 11) is 0. The molecule has 0 unspecified atom stereocenters. The van der Waals surface area contributed by atoms with Crippen molar-refractivity contribution >= 4 is 17.4 Å². The molecule has 0 saturated carbocycles. The van der Waals surface area contributed by atoms with E-state index in [1.807, 2.05) is 24.3 Å². The van der Waals surface area contributed by atoms with E-state index in [0.717, 1.165) is 30.8 Å². The van der Waals surface area contributed by atoms with Gasteiger partial charge in [-0.3, -0.25) is 14.5 Å². The molecule has 2 aliphatic rings. The number of aliphatic hydroxyl groups is 1. The lowest BCUT2D eigenvalue weighted by Gasteiger charge is -2.29. The van der Waals surface area contributed by atoms with Crippen molar-refractivity contribution in [3.63, 3.8) is 0 Å². The summed E-state index contributed by atoms with van der Waals surface area (Å²) in [6.45, 7) is 8.48. The van der Waals surface area contributed by atoms with Crippen molar-refractivity contribution in [3.8, 4) is 0 Å². The summed E-state index contributed by atoms with van der Waals surface area (Å²) in [5.74, 6) is -1.73. The maximum atomic E-state index is 13.4. The van der Waals surface area contributed by atoms with E-state index < -0.39 is 23.5 Å². The molecule has 2 heterocycles. The van der Waals surface area contributed by atoms with Crippen molar-refractivity contribution in [1.82, 2.24) is 9.80 Å². The van der Waals surface area contributed by atoms with Crippen molar-refractivity contribution < 1.29 is 23.8 Å². The second kappa shape index (κ2) is 10.5. The molecule has 4 rings (SSSR count). The molecule has 0 spiro atoms. The van der Waals surface area contributed by atoms with Gasteiger partial charge in [0.1, 0.15) is 11.6 Å². The highest BCUT2D eigenvalue weighted by atomic mass is 19.1. The van der Waals surface area contributed by atoms with E-state index in [1.165, 1.54) is 24.3 Å². The zero-order valence-corrected chi connectivity index (χ0v) is 19.7. The predicted octanol–water partition coefficient (Wildman–Crippen LogP) is 4.09. The van der Waals surface area contributed by atoms with Gasteiger partial charge in [0.25, 0.3) is 11.7 Å². The van der Waals surface area contributed by atoms with Crippen LogP contribution in [-0.4, -0.2) is 66.0 Å². The average molecular weight is 467 g/mol. The highest BCUT2D eigenvalue weighted by molar-refractivity contribution is 6.46. The SMILES string of the molecule is CC(C)c1ccc([C@H]2C(=C(O)c3ccc(F)cc3)C(=O)C(=O)N2CCCN2CCOCC2)cc1. The quantitative estimate of drug-likeness (QED) is 0.378. The Hall–Kier alpha value is -3.03. The second-order valence-electron chi connectivity index (χ2n) is 9.13. The van der Waals surface area contributed by atoms with E-state index in [-0.39, 0.29) is 11.3 Å². The molecule has 0 aromatic heterocycles. The molecule has 180 valence electrons. The Morgan fingerprint density at radius 3 is 2.29 bits per heavy atom. The van der Waals surface area contributed by atoms with Crippen LogP contribution in [0.2, 0.25) is 0 Å². The summed E-state index contributed by atoms with van der Waals surface area (Å²) in [5, 5.41) is 11.1. The molecule has 1 atom stereocenters. The summed E-state index contributed by atoms with van der Waals surface area (Å²) < 4.78 is 18.8. The van der Waals surface area contributed by atoms with Crippen LogP contribution in [0.25, 0.3) is 5.76 Å². The fourth-order valence-corrected chi connectivity index (χ4v) is 4.57. The van der Waals surface area contributed by atoms with Gasteiger partial charge in [0, 0.05) is 31.7 Å². The van der Waals surface area contributed by atoms with E-state index in [9.17, 15) is 19.1 Å². The number of Topliss-reactive ketones (excluding diaryl/α,β-unsaturated/α-hetero) is 1. The van der Waals surface area contributed by atoms with Gasteiger partial charge in [0.15, 0.2) is 0 Å². The third-order valence-electron chi connectivity index (χ3n) is 6.55. The van der Waals surface area contributed by atoms with Crippen molar-refractivity contribution in [1.29, 1.82) is 0 Å². The van der Waals surface area contributed by atoms with Gasteiger partial charge in [0.2, 0.25) is 0 Å². The Kier molecular flexibility index (Phi) is 7.44. The summed E-state index contributed by atoms with van der Waals surface area (Å²) in [4.78, 5) is 30.0. The van der Waals surface area contributed by atoms with Gasteiger partial charge in [0.05, 0.1) is 24.8 Å². The molecule has 1 N–H and O–H groups in total. The number of rotatable bonds is 7. The normalized spacial score (nSPS) is 20.9. The first-order chi connectivity index (χ1) is 16.4. The number of amides is 1. The Bertz CT molecular complexity index is 1060. The number of likely N-dealkylation sites (tertiary alicyclic amines) is 1. The lowest BCUT2D eigenvalue weighted by molar-refractivity contribution is -0.140. The lowest BCUT2D eigenvalue weighted by atomic mass is 9.93. The summed E-state index contributed by atoms with van der Waals surface area (Å²) in [5.41, 5.74) is 2.25. The van der Waals surface area contributed by atoms with Gasteiger partial charge in [-0.15, -0.1) is 0 Å². The molecule has 2 saturated heterocycles. The van der Waals surface area contributed by atoms with E-state index in [4.69, 9.17) is 4.74 Å². The Morgan fingerprint density at radius 2 is 1.68 bits per heavy atom. The fraction of sp³-hybridized carbons (Fsp3) is 0.407. The monoisotopic (exact) mass is 466 g/mol. The number of halogens is 1. The first-order valence-corrected chi connectivity index (χ1v) is 11.8. The number of morpholine rings is 1. The van der Waals surface area contributed by atoms with Crippen LogP contribution in [0, 0.1) is 5.82 Å². The average Bonchev–Trinajstić information content (AvgIpc) is 3.10. The molecule has 0 radical (unpaired) electrons. The number of ketones is 1. The number of hydrogen-bond acceptors (Lipinski definition) is 5. The van der Waals surface area contributed by atoms with Gasteiger partial charge >= 0.3 is 0 Å². The third-order valence-corrected chi connectivity index (χ3v) is 6.55. The van der Waals surface area contributed by atoms with Gasteiger partial charge in [-0.05, 0) is 47.7 Å². The van der Waals surface area contributed by atoms with Gasteiger partial charge in [-0.2, -0.15) is 0 Å². The number of carbonyl (C=O) groups is 2. The van der Waals surface area contributed by atoms with Gasteiger partial charge in [-0.25, -0.2) is 4.39 Å². The third kappa shape index (κ3) is 5.05. The summed E-state index contributed by atoms with van der Waals surface area (Å²) in [6.07, 6.45) is 0.699. The number of benzene rings is 2. The Balaban J connectivity index is 1.67. The molecule has 0 bridgehead atoms. The molecule has 0 aliphatic carbocycles. The maximum absolute atomic E-state index is 13.4. The van der Waals surface area contributed by atoms with Gasteiger partial charge < -0.3 is 14.7 Å². The van der Waals surface area contributed by atoms with Crippen LogP contribution in [0.1, 0.15) is 48.9 Å². The van der Waals surface area contributed by atoms with Crippen LogP contribution < -0.4 is 0 Å². The number of carbonyl (C=O) groups excluding carboxylic acids is 2. The highest BCUT2D eigenvalue weighted by Gasteiger charge is 2.45. The topological polar surface area (TPSA) is 70.1 Å². The maximum Gasteiger partial charge on any atom is 0.295 e. The number of ether oxygens (including phenoxy) is 1. The van der Waals surface area contributed by atoms with E-state index in [1.54, 1.807) is 4.90 Å². The van der Waals surface area contributed by atoms with Crippen LogP contribution in [0.4, 0.5) is 4.39 Å². The van der Waals surface area contributed by atoms with Crippen molar-refractivity contribution in [3.05, 3.63) is 76.6 Å². The summed E-state index contributed by atoms with van der Waals surface area (Å²) >= 11 is 0. The fourth-order valence-electron chi connectivity index (χ4n) is 4.57. The second-order valence-corrected chi connectivity index (χ2v) is 9.13. The minimum Gasteiger partial charge on any atom is -0.507 e. The molecule has 2 aliphatic heterocycles. The molecule has 34 heavy (non-hydrogen) atoms. The highest BCUT2D eigenvalue weighted by Crippen LogP contribution is 2.39. The van der Waals surface area contributed by atoms with E-state index in [0.29, 0.717) is 37.7 Å². The number of nitrogens with zero attached hydrogens (tertiary/aromatic N) is 2. The van der Waals surface area contributed by atoms with Crippen LogP contribution in [0.3, 0.4) is 0 Å². The van der Waals surface area contributed by atoms with Crippen molar-refractivity contribution in [2.24, 2.45) is 0 Å². The van der Waals surface area contributed by atoms with Crippen LogP contribution >= 0.6 is 0 Å². The van der Waals surface area contributed by atoms with E-state index >= 15 is 0 Å². The molecule has 1 amide bonds. The van der Waals surface area contributed by atoms with Gasteiger partial charge in [-0.1, -0.05) is 38.1 Å². The lowest BCUT2D eigenvalue weighted by Crippen LogP contribution is -2.38. The predicted molar refractivity (Wildman–Crippen MR) is 128 cm³/mol. The van der Waals surface area contributed by atoms with E-state index in [2.05, 4.69) is 18.7 Å². The number of hydrogen-bond donors (Lipinski definition) is 1. The standard InChI is InChI=1S/C27H31FN2O4/c1-18(2)19-4-6-20(7-5-19)24-23(25(31)21-8-10-22(28)11-9-21)26(32)27(33)30(24)13-3-12-29-14-16-34-17-15-29/h4-11,18,24,31H,3,12-17H2,1-2H3/t24-/m0/s1. The van der Waals surface area contributed by atoms with Crippen LogP contribution in [0.15, 0.2) is 54.1 Å². The molecule has 7 heteroatoms. The molecular formula is C27H31FN2O4. The van der Waals surface area contributed by atoms with Crippen molar-refractivity contribution in [2.45, 2.75) is 32.2 Å². The minimum atomic E-state index is -0.717. The molecule has 2 aromatic rings. The molecule has 2 fully saturated rings. The van der Waals surface area contributed by atoms with Crippen molar-refractivity contribution in [2.75, 3.05) is 39.4 Å². The summed E-state index contributed by atoms with van der Waals surface area (Å²) in [6, 6.07) is 12.4. The zero-order chi connectivity index (χ0) is 24.2. The first-order valence-electron chi connectivity index (χ1n) is 11.8. The minimum absolute atomic E-state index is 0.0419. The molecule has 2 aromatic carbocycles. The Morgan fingerprint density at radius 1 is 1.03 bits per heavy atom. The molecular weight excluding hydrogens is 435 g/mol. The first kappa shape index (κ1) is 24.1. The van der Waals surface area contributed by atoms with Crippen LogP contribution in [-0.2, 0) is 14.3 Å². The Labute approximate surface area is 199 Å². The number of aliphatic hydroxyl groups excluding tert-OH is 1. The molecule has 6 nitrogen and oxygen atoms in total. The van der Waals surface area contributed by atoms with Crippen LogP contribution in [0.5, 0.6) is 0 Å².